The Labute approximate surface area is 214 Å². The van der Waals surface area contributed by atoms with Crippen molar-refractivity contribution in [1.82, 2.24) is 19.8 Å². The van der Waals surface area contributed by atoms with Crippen molar-refractivity contribution in [3.8, 4) is 5.75 Å². The third-order valence-corrected chi connectivity index (χ3v) is 7.41. The molecular weight excluding hydrogens is 489 g/mol. The third kappa shape index (κ3) is 5.51. The predicted octanol–water partition coefficient (Wildman–Crippen LogP) is 2.34. The van der Waals surface area contributed by atoms with E-state index in [-0.39, 0.29) is 55.7 Å². The number of likely N-dealkylation sites (tertiary alicyclic amines) is 2. The van der Waals surface area contributed by atoms with Gasteiger partial charge < -0.3 is 25.3 Å². The molecule has 0 saturated carbocycles. The summed E-state index contributed by atoms with van der Waals surface area (Å²) < 4.78 is 20.2. The Morgan fingerprint density at radius 1 is 1.22 bits per heavy atom. The molecular formula is C25H31ClFN5O4. The van der Waals surface area contributed by atoms with Crippen LogP contribution in [0.1, 0.15) is 46.3 Å². The SMILES string of the molecule is Cc1nc(C2CN(C(=O)c3ccc(F)cc3OC3CCN(C(CO)CO)CC3)CC2=N)nc(C)c1Cl. The lowest BCUT2D eigenvalue weighted by atomic mass is 10.1. The molecule has 0 bridgehead atoms. The number of aryl methyl sites for hydroxylation is 2. The molecule has 0 aliphatic carbocycles. The summed E-state index contributed by atoms with van der Waals surface area (Å²) in [6.45, 7) is 4.88. The number of carbonyl (C=O) groups is 1. The van der Waals surface area contributed by atoms with E-state index < -0.39 is 11.7 Å². The highest BCUT2D eigenvalue weighted by molar-refractivity contribution is 6.31. The monoisotopic (exact) mass is 519 g/mol. The fourth-order valence-corrected chi connectivity index (χ4v) is 4.84. The Morgan fingerprint density at radius 3 is 2.47 bits per heavy atom. The zero-order valence-electron chi connectivity index (χ0n) is 20.4. The topological polar surface area (TPSA) is 123 Å². The second-order valence-electron chi connectivity index (χ2n) is 9.34. The Bertz CT molecular complexity index is 1110. The first-order valence-corrected chi connectivity index (χ1v) is 12.4. The molecule has 1 unspecified atom stereocenters. The molecule has 4 rings (SSSR count). The average Bonchev–Trinajstić information content (AvgIpc) is 3.25. The van der Waals surface area contributed by atoms with Gasteiger partial charge in [-0.05, 0) is 38.8 Å². The molecule has 1 atom stereocenters. The second kappa shape index (κ2) is 11.2. The van der Waals surface area contributed by atoms with Gasteiger partial charge in [-0.25, -0.2) is 14.4 Å². The lowest BCUT2D eigenvalue weighted by Crippen LogP contribution is -2.47. The molecule has 194 valence electrons. The third-order valence-electron chi connectivity index (χ3n) is 6.87. The number of aliphatic hydroxyl groups excluding tert-OH is 2. The van der Waals surface area contributed by atoms with E-state index in [2.05, 4.69) is 9.97 Å². The standard InChI is InChI=1S/C25H31ClFN5O4/c1-14-23(26)15(2)30-24(29-14)20-10-32(11-21(20)28)25(35)19-4-3-16(27)9-22(19)36-18-5-7-31(8-6-18)17(12-33)13-34/h3-4,9,17-18,20,28,33-34H,5-8,10-13H2,1-2H3. The van der Waals surface area contributed by atoms with Gasteiger partial charge in [-0.2, -0.15) is 0 Å². The normalized spacial score (nSPS) is 19.4. The number of piperidine rings is 1. The first kappa shape index (κ1) is 26.4. The number of hydrogen-bond acceptors (Lipinski definition) is 8. The lowest BCUT2D eigenvalue weighted by Gasteiger charge is -2.36. The number of rotatable bonds is 7. The fourth-order valence-electron chi connectivity index (χ4n) is 4.76. The van der Waals surface area contributed by atoms with Crippen molar-refractivity contribution in [3.63, 3.8) is 0 Å². The van der Waals surface area contributed by atoms with Crippen molar-refractivity contribution >= 4 is 23.2 Å². The molecule has 36 heavy (non-hydrogen) atoms. The number of carbonyl (C=O) groups excluding carboxylic acids is 1. The second-order valence-corrected chi connectivity index (χ2v) is 9.72. The van der Waals surface area contributed by atoms with Crippen molar-refractivity contribution in [2.24, 2.45) is 0 Å². The summed E-state index contributed by atoms with van der Waals surface area (Å²) in [4.78, 5) is 25.9. The molecule has 1 aromatic carbocycles. The maximum absolute atomic E-state index is 14.1. The van der Waals surface area contributed by atoms with Crippen LogP contribution in [0.15, 0.2) is 18.2 Å². The van der Waals surface area contributed by atoms with Gasteiger partial charge in [-0.1, -0.05) is 11.6 Å². The fraction of sp³-hybridized carbons (Fsp3) is 0.520. The summed E-state index contributed by atoms with van der Waals surface area (Å²) in [5.74, 6) is -0.668. The molecule has 2 aliphatic rings. The smallest absolute Gasteiger partial charge is 0.257 e. The number of benzene rings is 1. The van der Waals surface area contributed by atoms with Gasteiger partial charge in [0.1, 0.15) is 23.5 Å². The summed E-state index contributed by atoms with van der Waals surface area (Å²) in [6, 6.07) is 3.55. The zero-order chi connectivity index (χ0) is 26.0. The number of hydrogen-bond donors (Lipinski definition) is 3. The highest BCUT2D eigenvalue weighted by atomic mass is 35.5. The van der Waals surface area contributed by atoms with E-state index in [0.717, 1.165) is 0 Å². The van der Waals surface area contributed by atoms with Crippen LogP contribution >= 0.6 is 11.6 Å². The number of aromatic nitrogens is 2. The van der Waals surface area contributed by atoms with Crippen LogP contribution < -0.4 is 4.74 Å². The van der Waals surface area contributed by atoms with Gasteiger partial charge in [0.2, 0.25) is 0 Å². The van der Waals surface area contributed by atoms with E-state index in [1.807, 2.05) is 4.90 Å². The quantitative estimate of drug-likeness (QED) is 0.513. The Hall–Kier alpha value is -2.66. The molecule has 2 aromatic rings. The Balaban J connectivity index is 1.48. The number of amides is 1. The van der Waals surface area contributed by atoms with E-state index in [9.17, 15) is 19.4 Å². The van der Waals surface area contributed by atoms with Crippen LogP contribution in [0.3, 0.4) is 0 Å². The van der Waals surface area contributed by atoms with Crippen molar-refractivity contribution in [2.45, 2.75) is 44.8 Å². The lowest BCUT2D eigenvalue weighted by molar-refractivity contribution is 0.0282. The summed E-state index contributed by atoms with van der Waals surface area (Å²) in [7, 11) is 0. The maximum Gasteiger partial charge on any atom is 0.257 e. The van der Waals surface area contributed by atoms with Crippen molar-refractivity contribution in [1.29, 1.82) is 5.41 Å². The first-order chi connectivity index (χ1) is 17.2. The van der Waals surface area contributed by atoms with Crippen LogP contribution in [0.25, 0.3) is 0 Å². The first-order valence-electron chi connectivity index (χ1n) is 12.0. The van der Waals surface area contributed by atoms with E-state index in [1.54, 1.807) is 13.8 Å². The van der Waals surface area contributed by atoms with Crippen LogP contribution in [-0.4, -0.2) is 93.1 Å². The van der Waals surface area contributed by atoms with Crippen molar-refractivity contribution < 1.29 is 24.1 Å². The Kier molecular flexibility index (Phi) is 8.19. The van der Waals surface area contributed by atoms with Gasteiger partial charge in [0, 0.05) is 31.4 Å². The molecule has 11 heteroatoms. The number of nitrogens with zero attached hydrogens (tertiary/aromatic N) is 4. The minimum atomic E-state index is -0.507. The number of halogens is 2. The predicted molar refractivity (Wildman–Crippen MR) is 132 cm³/mol. The average molecular weight is 520 g/mol. The molecule has 1 amide bonds. The molecule has 2 saturated heterocycles. The molecule has 2 fully saturated rings. The van der Waals surface area contributed by atoms with E-state index >= 15 is 0 Å². The molecule has 2 aliphatic heterocycles. The van der Waals surface area contributed by atoms with Gasteiger partial charge in [-0.15, -0.1) is 0 Å². The maximum atomic E-state index is 14.1. The van der Waals surface area contributed by atoms with Crippen molar-refractivity contribution in [3.05, 3.63) is 51.8 Å². The van der Waals surface area contributed by atoms with E-state index in [0.29, 0.717) is 53.9 Å². The number of aliphatic hydroxyl groups is 2. The molecule has 9 nitrogen and oxygen atoms in total. The van der Waals surface area contributed by atoms with Gasteiger partial charge in [0.25, 0.3) is 5.91 Å². The number of nitrogens with one attached hydrogen (secondary N) is 1. The highest BCUT2D eigenvalue weighted by Gasteiger charge is 2.36. The van der Waals surface area contributed by atoms with Crippen LogP contribution in [0.5, 0.6) is 5.75 Å². The molecule has 0 spiro atoms. The molecule has 1 aromatic heterocycles. The van der Waals surface area contributed by atoms with Gasteiger partial charge in [-0.3, -0.25) is 9.69 Å². The number of ether oxygens (including phenoxy) is 1. The van der Waals surface area contributed by atoms with Crippen molar-refractivity contribution in [2.75, 3.05) is 39.4 Å². The van der Waals surface area contributed by atoms with Gasteiger partial charge in [0.05, 0.1) is 53.7 Å². The van der Waals surface area contributed by atoms with E-state index in [1.165, 1.54) is 23.1 Å². The highest BCUT2D eigenvalue weighted by Crippen LogP contribution is 2.30. The van der Waals surface area contributed by atoms with Crippen LogP contribution in [0.4, 0.5) is 4.39 Å². The minimum Gasteiger partial charge on any atom is -0.489 e. The van der Waals surface area contributed by atoms with Gasteiger partial charge in [0.15, 0.2) is 0 Å². The summed E-state index contributed by atoms with van der Waals surface area (Å²) >= 11 is 6.19. The molecule has 0 radical (unpaired) electrons. The molecule has 3 heterocycles. The Morgan fingerprint density at radius 2 is 1.86 bits per heavy atom. The van der Waals surface area contributed by atoms with E-state index in [4.69, 9.17) is 21.7 Å². The van der Waals surface area contributed by atoms with Gasteiger partial charge >= 0.3 is 0 Å². The summed E-state index contributed by atoms with van der Waals surface area (Å²) in [6.07, 6.45) is 0.999. The van der Waals surface area contributed by atoms with Crippen LogP contribution in [0, 0.1) is 25.1 Å². The largest absolute Gasteiger partial charge is 0.489 e. The summed E-state index contributed by atoms with van der Waals surface area (Å²) in [5, 5.41) is 27.8. The van der Waals surface area contributed by atoms with Crippen LogP contribution in [0.2, 0.25) is 5.02 Å². The zero-order valence-corrected chi connectivity index (χ0v) is 21.1. The molecule has 3 N–H and O–H groups in total. The summed E-state index contributed by atoms with van der Waals surface area (Å²) in [5.41, 5.74) is 1.81. The van der Waals surface area contributed by atoms with Crippen LogP contribution in [-0.2, 0) is 0 Å². The minimum absolute atomic E-state index is 0.118.